The predicted molar refractivity (Wildman–Crippen MR) is 48.7 cm³/mol. The van der Waals surface area contributed by atoms with Crippen LogP contribution in [0.5, 0.6) is 0 Å². The van der Waals surface area contributed by atoms with Gasteiger partial charge in [0, 0.05) is 13.2 Å². The minimum atomic E-state index is 0.242. The second kappa shape index (κ2) is 3.35. The first-order valence-electron chi connectivity index (χ1n) is 4.71. The Kier molecular flexibility index (Phi) is 2.79. The van der Waals surface area contributed by atoms with Crippen LogP contribution in [0.15, 0.2) is 0 Å². The Morgan fingerprint density at radius 2 is 1.33 bits per heavy atom. The second-order valence-electron chi connectivity index (χ2n) is 5.12. The fourth-order valence-electron chi connectivity index (χ4n) is 2.08. The fourth-order valence-corrected chi connectivity index (χ4v) is 2.08. The number of hydrogen-bond donors (Lipinski definition) is 2. The Bertz CT molecular complexity index is 138. The molecule has 12 heavy (non-hydrogen) atoms. The lowest BCUT2D eigenvalue weighted by Gasteiger charge is -2.17. The highest BCUT2D eigenvalue weighted by molar-refractivity contribution is 4.97. The van der Waals surface area contributed by atoms with E-state index in [0.29, 0.717) is 23.2 Å². The second-order valence-corrected chi connectivity index (χ2v) is 5.12. The van der Waals surface area contributed by atoms with Crippen molar-refractivity contribution in [3.8, 4) is 0 Å². The zero-order valence-corrected chi connectivity index (χ0v) is 8.25. The van der Waals surface area contributed by atoms with Gasteiger partial charge < -0.3 is 10.2 Å². The SMILES string of the molecule is CC(C)(C)C[C@@H]1[C@H](CO)[C@@H]1CO. The van der Waals surface area contributed by atoms with Crippen LogP contribution in [0, 0.1) is 23.2 Å². The van der Waals surface area contributed by atoms with Gasteiger partial charge in [-0.3, -0.25) is 0 Å². The molecule has 0 heterocycles. The van der Waals surface area contributed by atoms with Crippen molar-refractivity contribution in [2.75, 3.05) is 13.2 Å². The molecule has 1 rings (SSSR count). The highest BCUT2D eigenvalue weighted by atomic mass is 16.3. The van der Waals surface area contributed by atoms with Crippen LogP contribution in [0.4, 0.5) is 0 Å². The summed E-state index contributed by atoms with van der Waals surface area (Å²) < 4.78 is 0. The summed E-state index contributed by atoms with van der Waals surface area (Å²) in [4.78, 5) is 0. The molecule has 0 spiro atoms. The monoisotopic (exact) mass is 172 g/mol. The van der Waals surface area contributed by atoms with Crippen LogP contribution in [-0.2, 0) is 0 Å². The third kappa shape index (κ3) is 2.20. The van der Waals surface area contributed by atoms with Crippen LogP contribution < -0.4 is 0 Å². The van der Waals surface area contributed by atoms with Gasteiger partial charge in [0.2, 0.25) is 0 Å². The largest absolute Gasteiger partial charge is 0.396 e. The summed E-state index contributed by atoms with van der Waals surface area (Å²) in [6, 6.07) is 0. The molecule has 2 N–H and O–H groups in total. The van der Waals surface area contributed by atoms with Gasteiger partial charge in [-0.2, -0.15) is 0 Å². The van der Waals surface area contributed by atoms with Crippen molar-refractivity contribution in [3.05, 3.63) is 0 Å². The molecule has 0 bridgehead atoms. The molecule has 1 aliphatic rings. The average molecular weight is 172 g/mol. The molecule has 1 fully saturated rings. The van der Waals surface area contributed by atoms with Gasteiger partial charge in [0.05, 0.1) is 0 Å². The van der Waals surface area contributed by atoms with Crippen LogP contribution in [-0.4, -0.2) is 23.4 Å². The van der Waals surface area contributed by atoms with Crippen LogP contribution in [0.25, 0.3) is 0 Å². The maximum Gasteiger partial charge on any atom is 0.0465 e. The van der Waals surface area contributed by atoms with E-state index in [0.717, 1.165) is 6.42 Å². The summed E-state index contributed by atoms with van der Waals surface area (Å²) in [5.74, 6) is 1.29. The zero-order valence-electron chi connectivity index (χ0n) is 8.25. The molecular formula is C10H20O2. The first-order valence-corrected chi connectivity index (χ1v) is 4.71. The Balaban J connectivity index is 2.36. The first-order chi connectivity index (χ1) is 5.49. The lowest BCUT2D eigenvalue weighted by Crippen LogP contribution is -2.07. The summed E-state index contributed by atoms with van der Waals surface area (Å²) in [6.45, 7) is 7.09. The highest BCUT2D eigenvalue weighted by Gasteiger charge is 2.49. The van der Waals surface area contributed by atoms with Crippen LogP contribution in [0.2, 0.25) is 0 Å². The summed E-state index contributed by atoms with van der Waals surface area (Å²) in [5, 5.41) is 17.9. The molecule has 2 heteroatoms. The molecule has 0 aromatic rings. The van der Waals surface area contributed by atoms with Gasteiger partial charge in [0.1, 0.15) is 0 Å². The van der Waals surface area contributed by atoms with Crippen molar-refractivity contribution >= 4 is 0 Å². The standard InChI is InChI=1S/C10H20O2/c1-10(2,3)4-7-8(5-11)9(7)6-12/h7-9,11-12H,4-6H2,1-3H3/t7-,8+,9-. The van der Waals surface area contributed by atoms with E-state index in [1.807, 2.05) is 0 Å². The molecule has 0 aromatic carbocycles. The summed E-state index contributed by atoms with van der Waals surface area (Å²) >= 11 is 0. The van der Waals surface area contributed by atoms with Gasteiger partial charge in [-0.1, -0.05) is 20.8 Å². The van der Waals surface area contributed by atoms with Gasteiger partial charge in [0.15, 0.2) is 0 Å². The molecule has 0 unspecified atom stereocenters. The molecule has 0 radical (unpaired) electrons. The van der Waals surface area contributed by atoms with Crippen molar-refractivity contribution in [2.24, 2.45) is 23.2 Å². The Hall–Kier alpha value is -0.0800. The van der Waals surface area contributed by atoms with E-state index in [2.05, 4.69) is 20.8 Å². The molecular weight excluding hydrogens is 152 g/mol. The van der Waals surface area contributed by atoms with Crippen LogP contribution >= 0.6 is 0 Å². The first kappa shape index (κ1) is 10.0. The van der Waals surface area contributed by atoms with E-state index in [1.165, 1.54) is 0 Å². The summed E-state index contributed by atoms with van der Waals surface area (Å²) in [5.41, 5.74) is 0.321. The van der Waals surface area contributed by atoms with Crippen molar-refractivity contribution < 1.29 is 10.2 Å². The maximum atomic E-state index is 8.96. The molecule has 0 aromatic heterocycles. The Morgan fingerprint density at radius 3 is 1.58 bits per heavy atom. The molecule has 0 aliphatic heterocycles. The quantitative estimate of drug-likeness (QED) is 0.673. The summed E-state index contributed by atoms with van der Waals surface area (Å²) in [7, 11) is 0. The molecule has 1 aliphatic carbocycles. The topological polar surface area (TPSA) is 40.5 Å². The third-order valence-electron chi connectivity index (χ3n) is 2.78. The Morgan fingerprint density at radius 1 is 0.917 bits per heavy atom. The lowest BCUT2D eigenvalue weighted by molar-refractivity contribution is 0.232. The number of aliphatic hydroxyl groups excluding tert-OH is 2. The van der Waals surface area contributed by atoms with E-state index >= 15 is 0 Å². The smallest absolute Gasteiger partial charge is 0.0465 e. The van der Waals surface area contributed by atoms with Crippen LogP contribution in [0.3, 0.4) is 0 Å². The number of aliphatic hydroxyl groups is 2. The van der Waals surface area contributed by atoms with Crippen LogP contribution in [0.1, 0.15) is 27.2 Å². The van der Waals surface area contributed by atoms with E-state index in [1.54, 1.807) is 0 Å². The minimum Gasteiger partial charge on any atom is -0.396 e. The van der Waals surface area contributed by atoms with Crippen molar-refractivity contribution in [3.63, 3.8) is 0 Å². The van der Waals surface area contributed by atoms with Gasteiger partial charge in [-0.15, -0.1) is 0 Å². The Labute approximate surface area is 74.6 Å². The van der Waals surface area contributed by atoms with E-state index in [-0.39, 0.29) is 13.2 Å². The van der Waals surface area contributed by atoms with Gasteiger partial charge in [-0.05, 0) is 29.6 Å². The average Bonchev–Trinajstić information content (AvgIpc) is 2.57. The van der Waals surface area contributed by atoms with Gasteiger partial charge >= 0.3 is 0 Å². The van der Waals surface area contributed by atoms with Gasteiger partial charge in [-0.25, -0.2) is 0 Å². The number of hydrogen-bond acceptors (Lipinski definition) is 2. The van der Waals surface area contributed by atoms with Crippen molar-refractivity contribution in [1.29, 1.82) is 0 Å². The molecule has 0 saturated heterocycles. The minimum absolute atomic E-state index is 0.242. The maximum absolute atomic E-state index is 8.96. The number of rotatable bonds is 3. The van der Waals surface area contributed by atoms with E-state index < -0.39 is 0 Å². The van der Waals surface area contributed by atoms with Gasteiger partial charge in [0.25, 0.3) is 0 Å². The molecule has 1 saturated carbocycles. The predicted octanol–water partition coefficient (Wildman–Crippen LogP) is 1.27. The third-order valence-corrected chi connectivity index (χ3v) is 2.78. The molecule has 0 amide bonds. The fraction of sp³-hybridized carbons (Fsp3) is 1.00. The van der Waals surface area contributed by atoms with E-state index in [9.17, 15) is 0 Å². The highest BCUT2D eigenvalue weighted by Crippen LogP contribution is 2.51. The normalized spacial score (nSPS) is 35.2. The van der Waals surface area contributed by atoms with E-state index in [4.69, 9.17) is 10.2 Å². The molecule has 3 atom stereocenters. The van der Waals surface area contributed by atoms with Crippen molar-refractivity contribution in [2.45, 2.75) is 27.2 Å². The lowest BCUT2D eigenvalue weighted by atomic mass is 9.88. The molecule has 2 nitrogen and oxygen atoms in total. The zero-order chi connectivity index (χ0) is 9.35. The van der Waals surface area contributed by atoms with Crippen molar-refractivity contribution in [1.82, 2.24) is 0 Å². The molecule has 72 valence electrons. The summed E-state index contributed by atoms with van der Waals surface area (Å²) in [6.07, 6.45) is 1.11.